The molecule has 0 fully saturated rings. The molecule has 154 valence electrons. The van der Waals surface area contributed by atoms with Gasteiger partial charge in [-0.25, -0.2) is 0 Å². The van der Waals surface area contributed by atoms with Crippen LogP contribution >= 0.6 is 15.8 Å². The molecule has 0 bridgehead atoms. The quantitative estimate of drug-likeness (QED) is 0.200. The molecule has 0 spiro atoms. The Morgan fingerprint density at radius 3 is 1.70 bits per heavy atom. The Kier molecular flexibility index (Phi) is 20.7. The molecule has 0 unspecified atom stereocenters. The van der Waals surface area contributed by atoms with Crippen LogP contribution in [-0.4, -0.2) is 42.4 Å². The Labute approximate surface area is 180 Å². The van der Waals surface area contributed by atoms with Gasteiger partial charge < -0.3 is 14.9 Å². The summed E-state index contributed by atoms with van der Waals surface area (Å²) in [5, 5.41) is 4.98. The summed E-state index contributed by atoms with van der Waals surface area (Å²) in [5.41, 5.74) is 5.67. The summed E-state index contributed by atoms with van der Waals surface area (Å²) in [6.45, 7) is 25.4. The van der Waals surface area contributed by atoms with Crippen LogP contribution in [0, 0.1) is 0 Å². The maximum atomic E-state index is 7.75. The van der Waals surface area contributed by atoms with E-state index in [0.717, 1.165) is 22.6 Å². The Bertz CT molecular complexity index is 457. The number of nitrogens with zero attached hydrogens (tertiary/aromatic N) is 1. The molecule has 0 N–H and O–H groups in total. The monoisotopic (exact) mass is 453 g/mol. The van der Waals surface area contributed by atoms with Gasteiger partial charge in [-0.2, -0.15) is 0 Å². The predicted octanol–water partition coefficient (Wildman–Crippen LogP) is 6.17. The third-order valence-corrected chi connectivity index (χ3v) is 11.4. The third kappa shape index (κ3) is 12.7. The van der Waals surface area contributed by atoms with Crippen molar-refractivity contribution in [3.8, 4) is 0 Å². The van der Waals surface area contributed by atoms with Gasteiger partial charge in [0.1, 0.15) is 0 Å². The summed E-state index contributed by atoms with van der Waals surface area (Å²) >= 11 is 0. The predicted molar refractivity (Wildman–Crippen MR) is 124 cm³/mol. The molecule has 3 nitrogen and oxygen atoms in total. The standard InChI is InChI=1S/C19H34NP2.2CHO.Mn/c1-14(2)21(15(3)4)12-18-10-9-11-19(20-18)13-22(16(5)6)17(7)8;2*1-2;/h9-12,14-17H,13H2,1-8H3;2*1H;/q3*-1;+3/p+2/b18-12-;;;. The molecule has 1 aliphatic heterocycles. The summed E-state index contributed by atoms with van der Waals surface area (Å²) in [7, 11) is -0.863. The van der Waals surface area contributed by atoms with E-state index in [-0.39, 0.29) is 25.0 Å². The van der Waals surface area contributed by atoms with Crippen molar-refractivity contribution in [2.24, 2.45) is 0 Å². The van der Waals surface area contributed by atoms with Crippen molar-refractivity contribution in [1.29, 1.82) is 0 Å². The zero-order chi connectivity index (χ0) is 20.9. The summed E-state index contributed by atoms with van der Waals surface area (Å²) in [6, 6.07) is 0. The number of carbonyl (C=O) groups excluding carboxylic acids is 2. The molecule has 0 saturated carbocycles. The second kappa shape index (κ2) is 17.8. The molecule has 1 heterocycles. The van der Waals surface area contributed by atoms with Crippen LogP contribution < -0.4 is 0 Å². The number of hydrogen-bond donors (Lipinski definition) is 0. The molecule has 0 amide bonds. The van der Waals surface area contributed by atoms with Crippen molar-refractivity contribution in [2.75, 3.05) is 6.16 Å². The molecule has 27 heavy (non-hydrogen) atoms. The van der Waals surface area contributed by atoms with Gasteiger partial charge in [0, 0.05) is 21.7 Å². The number of allylic oxidation sites excluding steroid dienone is 4. The molecule has 0 aliphatic carbocycles. The SMILES string of the molecule is CC(C)[PH+](/C=C1/C=CC=C(C[PH+](C(C)C)C(C)C)[N-]1)C(C)C.[CH-]=O.[CH-]=O.[Mn+3]. The molecule has 0 atom stereocenters. The van der Waals surface area contributed by atoms with Gasteiger partial charge in [-0.3, -0.25) is 13.6 Å². The van der Waals surface area contributed by atoms with E-state index in [9.17, 15) is 0 Å². The van der Waals surface area contributed by atoms with Gasteiger partial charge in [0.2, 0.25) is 0 Å². The normalized spacial score (nSPS) is 14.6. The largest absolute Gasteiger partial charge is 3.00 e. The topological polar surface area (TPSA) is 48.2 Å². The smallest absolute Gasteiger partial charge is 0.656 e. The van der Waals surface area contributed by atoms with Crippen molar-refractivity contribution in [3.05, 3.63) is 40.8 Å². The van der Waals surface area contributed by atoms with E-state index >= 15 is 0 Å². The van der Waals surface area contributed by atoms with Crippen LogP contribution in [0.4, 0.5) is 0 Å². The van der Waals surface area contributed by atoms with Gasteiger partial charge in [-0.15, -0.1) is 11.4 Å². The van der Waals surface area contributed by atoms with Crippen LogP contribution in [-0.2, 0) is 26.7 Å². The fourth-order valence-corrected chi connectivity index (χ4v) is 8.40. The molecule has 0 aromatic heterocycles. The second-order valence-electron chi connectivity index (χ2n) is 7.57. The molecule has 0 aromatic carbocycles. The molecule has 6 heteroatoms. The minimum Gasteiger partial charge on any atom is -0.656 e. The van der Waals surface area contributed by atoms with Crippen molar-refractivity contribution < 1.29 is 26.7 Å². The van der Waals surface area contributed by atoms with Crippen molar-refractivity contribution in [1.82, 2.24) is 0 Å². The average Bonchev–Trinajstić information content (AvgIpc) is 2.60. The molecule has 1 rings (SSSR count). The van der Waals surface area contributed by atoms with Gasteiger partial charge in [-0.1, -0.05) is 18.2 Å². The van der Waals surface area contributed by atoms with E-state index < -0.39 is 7.92 Å². The van der Waals surface area contributed by atoms with Crippen LogP contribution in [0.3, 0.4) is 0 Å². The van der Waals surface area contributed by atoms with Gasteiger partial charge >= 0.3 is 17.1 Å². The van der Waals surface area contributed by atoms with Gasteiger partial charge in [0.25, 0.3) is 0 Å². The first kappa shape index (κ1) is 31.4. The minimum atomic E-state index is -0.487. The molecule has 0 saturated heterocycles. The Hall–Kier alpha value is -0.261. The van der Waals surface area contributed by atoms with Crippen molar-refractivity contribution in [3.63, 3.8) is 0 Å². The molecular weight excluding hydrogens is 415 g/mol. The van der Waals surface area contributed by atoms with E-state index in [4.69, 9.17) is 14.9 Å². The Morgan fingerprint density at radius 2 is 1.33 bits per heavy atom. The summed E-state index contributed by atoms with van der Waals surface area (Å²) < 4.78 is 0. The number of rotatable bonds is 7. The first-order chi connectivity index (χ1) is 12.2. The molecular formula is C21H38MnNO2P2+2. The Morgan fingerprint density at radius 1 is 0.889 bits per heavy atom. The van der Waals surface area contributed by atoms with Gasteiger partial charge in [0.05, 0.1) is 28.8 Å². The van der Waals surface area contributed by atoms with E-state index in [2.05, 4.69) is 93.0 Å². The van der Waals surface area contributed by atoms with E-state index in [1.807, 2.05) is 0 Å². The fourth-order valence-electron chi connectivity index (χ4n) is 3.13. The van der Waals surface area contributed by atoms with Gasteiger partial charge in [-0.05, 0) is 55.4 Å². The summed E-state index contributed by atoms with van der Waals surface area (Å²) in [4.78, 5) is 15.5. The number of hydrogen-bond acceptors (Lipinski definition) is 2. The van der Waals surface area contributed by atoms with Crippen LogP contribution in [0.2, 0.25) is 0 Å². The van der Waals surface area contributed by atoms with Crippen molar-refractivity contribution >= 4 is 29.4 Å². The summed E-state index contributed by atoms with van der Waals surface area (Å²) in [5.74, 6) is 2.49. The molecule has 0 aromatic rings. The fraction of sp³-hybridized carbons (Fsp3) is 0.619. The summed E-state index contributed by atoms with van der Waals surface area (Å²) in [6.07, 6.45) is 7.82. The van der Waals surface area contributed by atoms with E-state index in [0.29, 0.717) is 0 Å². The zero-order valence-corrected chi connectivity index (χ0v) is 21.3. The van der Waals surface area contributed by atoms with Gasteiger partial charge in [0.15, 0.2) is 0 Å². The van der Waals surface area contributed by atoms with Crippen LogP contribution in [0.15, 0.2) is 35.4 Å². The minimum absolute atomic E-state index is 0. The van der Waals surface area contributed by atoms with Crippen LogP contribution in [0.5, 0.6) is 0 Å². The zero-order valence-electron chi connectivity index (χ0n) is 18.1. The van der Waals surface area contributed by atoms with Crippen LogP contribution in [0.1, 0.15) is 55.4 Å². The van der Waals surface area contributed by atoms with E-state index in [1.165, 1.54) is 17.6 Å². The second-order valence-corrected chi connectivity index (χ2v) is 15.0. The third-order valence-electron chi connectivity index (χ3n) is 4.34. The average molecular weight is 453 g/mol. The molecule has 1 aliphatic rings. The van der Waals surface area contributed by atoms with E-state index in [1.54, 1.807) is 0 Å². The van der Waals surface area contributed by atoms with Crippen molar-refractivity contribution in [2.45, 2.75) is 78.0 Å². The van der Waals surface area contributed by atoms with Crippen LogP contribution in [0.25, 0.3) is 5.32 Å². The maximum absolute atomic E-state index is 7.75. The first-order valence-corrected chi connectivity index (χ1v) is 12.8. The first-order valence-electron chi connectivity index (χ1n) is 9.22. The Balaban J connectivity index is -0.00000108. The maximum Gasteiger partial charge on any atom is 3.00 e. The molecule has 0 radical (unpaired) electrons.